The average molecular weight is 416 g/mol. The summed E-state index contributed by atoms with van der Waals surface area (Å²) >= 11 is 0.596. The van der Waals surface area contributed by atoms with E-state index >= 15 is 0 Å². The predicted octanol–water partition coefficient (Wildman–Crippen LogP) is -2.07. The second-order valence-electron chi connectivity index (χ2n) is 5.02. The number of carbonyl (C=O) groups excluding carboxylic acids is 3. The van der Waals surface area contributed by atoms with Crippen LogP contribution < -0.4 is 16.4 Å². The number of halogens is 1. The molecule has 0 aliphatic carbocycles. The van der Waals surface area contributed by atoms with Crippen molar-refractivity contribution in [2.24, 2.45) is 5.73 Å². The lowest BCUT2D eigenvalue weighted by Crippen LogP contribution is -2.49. The molecule has 13 heteroatoms. The molecule has 7 N–H and O–H groups in total. The van der Waals surface area contributed by atoms with Gasteiger partial charge >= 0.3 is 11.9 Å². The van der Waals surface area contributed by atoms with Crippen LogP contribution in [0.2, 0.25) is 0 Å². The summed E-state index contributed by atoms with van der Waals surface area (Å²) in [5.74, 6) is -4.31. The van der Waals surface area contributed by atoms with Crippen molar-refractivity contribution in [1.29, 1.82) is 0 Å². The molecule has 0 aromatic rings. The van der Waals surface area contributed by atoms with Gasteiger partial charge in [-0.3, -0.25) is 24.0 Å². The highest BCUT2D eigenvalue weighted by Gasteiger charge is 2.24. The molecule has 0 heterocycles. The van der Waals surface area contributed by atoms with Gasteiger partial charge in [0.15, 0.2) is 0 Å². The van der Waals surface area contributed by atoms with Crippen molar-refractivity contribution in [2.45, 2.75) is 38.0 Å². The minimum atomic E-state index is -1.29. The first-order valence-corrected chi connectivity index (χ1v) is 8.15. The topological polar surface area (TPSA) is 196 Å². The average Bonchev–Trinajstić information content (AvgIpc) is 2.53. The first-order valence-electron chi connectivity index (χ1n) is 7.16. The van der Waals surface area contributed by atoms with E-state index in [-0.39, 0.29) is 31.0 Å². The Morgan fingerprint density at radius 3 is 2.19 bits per heavy atom. The minimum Gasteiger partial charge on any atom is -0.480 e. The van der Waals surface area contributed by atoms with Gasteiger partial charge in [0.25, 0.3) is 0 Å². The number of aliphatic hydroxyl groups excluding tert-OH is 1. The molecule has 0 aromatic carbocycles. The van der Waals surface area contributed by atoms with Crippen LogP contribution in [0.4, 0.5) is 0 Å². The lowest BCUT2D eigenvalue weighted by Gasteiger charge is -2.18. The maximum atomic E-state index is 11.9. The third-order valence-electron chi connectivity index (χ3n) is 2.80. The van der Waals surface area contributed by atoms with E-state index in [2.05, 4.69) is 10.6 Å². The van der Waals surface area contributed by atoms with Gasteiger partial charge in [-0.05, 0) is 13.3 Å². The molecule has 2 amide bonds. The van der Waals surface area contributed by atoms with E-state index in [0.717, 1.165) is 0 Å². The molecular formula is C13H22ClN3O8S. The Balaban J connectivity index is 0. The van der Waals surface area contributed by atoms with Gasteiger partial charge in [-0.1, -0.05) is 11.8 Å². The molecular weight excluding hydrogens is 394 g/mol. The molecule has 1 unspecified atom stereocenters. The van der Waals surface area contributed by atoms with E-state index in [0.29, 0.717) is 11.8 Å². The maximum Gasteiger partial charge on any atom is 0.322 e. The zero-order valence-corrected chi connectivity index (χ0v) is 15.5. The highest BCUT2D eigenvalue weighted by atomic mass is 35.5. The van der Waals surface area contributed by atoms with Crippen LogP contribution in [0.5, 0.6) is 0 Å². The Kier molecular flexibility index (Phi) is 13.5. The summed E-state index contributed by atoms with van der Waals surface area (Å²) in [7, 11) is 0. The van der Waals surface area contributed by atoms with Crippen molar-refractivity contribution in [3.8, 4) is 0 Å². The van der Waals surface area contributed by atoms with Crippen LogP contribution in [-0.2, 0) is 24.0 Å². The number of hydrogen-bond donors (Lipinski definition) is 6. The summed E-state index contributed by atoms with van der Waals surface area (Å²) in [6.07, 6.45) is -1.70. The molecule has 3 atom stereocenters. The minimum absolute atomic E-state index is 0. The maximum absolute atomic E-state index is 11.9. The van der Waals surface area contributed by atoms with Gasteiger partial charge in [-0.25, -0.2) is 0 Å². The second-order valence-corrected chi connectivity index (χ2v) is 6.05. The summed E-state index contributed by atoms with van der Waals surface area (Å²) < 4.78 is 0. The van der Waals surface area contributed by atoms with Gasteiger partial charge in [0.05, 0.1) is 0 Å². The van der Waals surface area contributed by atoms with Crippen molar-refractivity contribution in [1.82, 2.24) is 10.6 Å². The van der Waals surface area contributed by atoms with E-state index in [1.807, 2.05) is 0 Å². The van der Waals surface area contributed by atoms with E-state index in [4.69, 9.17) is 21.1 Å². The smallest absolute Gasteiger partial charge is 0.322 e. The molecule has 0 rings (SSSR count). The molecule has 0 spiro atoms. The first-order chi connectivity index (χ1) is 11.5. The van der Waals surface area contributed by atoms with Crippen LogP contribution in [0.15, 0.2) is 0 Å². The van der Waals surface area contributed by atoms with Gasteiger partial charge in [0.1, 0.15) is 24.7 Å². The number of nitrogens with two attached hydrogens (primary N) is 1. The highest BCUT2D eigenvalue weighted by molar-refractivity contribution is 8.13. The van der Waals surface area contributed by atoms with Gasteiger partial charge in [0.2, 0.25) is 16.9 Å². The van der Waals surface area contributed by atoms with Crippen molar-refractivity contribution in [2.75, 3.05) is 12.3 Å². The van der Waals surface area contributed by atoms with Crippen LogP contribution in [0.25, 0.3) is 0 Å². The summed E-state index contributed by atoms with van der Waals surface area (Å²) in [5.41, 5.74) is 5.27. The van der Waals surface area contributed by atoms with Crippen LogP contribution in [0, 0.1) is 0 Å². The molecule has 26 heavy (non-hydrogen) atoms. The van der Waals surface area contributed by atoms with Crippen LogP contribution in [0.1, 0.15) is 19.8 Å². The molecule has 0 saturated heterocycles. The number of nitrogens with one attached hydrogen (secondary N) is 2. The quantitative estimate of drug-likeness (QED) is 0.218. The zero-order chi connectivity index (χ0) is 19.6. The molecule has 0 radical (unpaired) electrons. The predicted molar refractivity (Wildman–Crippen MR) is 93.8 cm³/mol. The lowest BCUT2D eigenvalue weighted by atomic mass is 10.1. The summed E-state index contributed by atoms with van der Waals surface area (Å²) in [6, 6.07) is -2.48. The number of aliphatic hydroxyl groups is 1. The fourth-order valence-electron chi connectivity index (χ4n) is 1.43. The highest BCUT2D eigenvalue weighted by Crippen LogP contribution is 2.08. The third-order valence-corrected chi connectivity index (χ3v) is 3.92. The third kappa shape index (κ3) is 11.6. The SMILES string of the molecule is CC(O)C(=O)SC[C@H](NC(=O)CC[C@H](N)C(=O)O)C(=O)NCC(=O)O.Cl. The second kappa shape index (κ2) is 13.3. The Bertz CT molecular complexity index is 532. The van der Waals surface area contributed by atoms with Crippen molar-refractivity contribution in [3.05, 3.63) is 0 Å². The molecule has 11 nitrogen and oxygen atoms in total. The van der Waals surface area contributed by atoms with E-state index in [1.54, 1.807) is 0 Å². The zero-order valence-electron chi connectivity index (χ0n) is 13.8. The Labute approximate surface area is 159 Å². The molecule has 0 saturated carbocycles. The molecule has 150 valence electrons. The number of aliphatic carboxylic acids is 2. The standard InChI is InChI=1S/C13H21N3O8S.ClH/c1-6(17)13(24)25-5-8(11(21)15-4-10(19)20)16-9(18)3-2-7(14)12(22)23;/h6-8,17H,2-5,14H2,1H3,(H,15,21)(H,16,18)(H,19,20)(H,22,23);1H/t6?,7-,8-;/m0./s1. The largest absolute Gasteiger partial charge is 0.480 e. The van der Waals surface area contributed by atoms with Crippen LogP contribution in [-0.4, -0.2) is 74.7 Å². The fourth-order valence-corrected chi connectivity index (χ4v) is 2.24. The summed E-state index contributed by atoms with van der Waals surface area (Å²) in [5, 5.41) is 30.0. The number of carbonyl (C=O) groups is 5. The lowest BCUT2D eigenvalue weighted by molar-refractivity contribution is -0.139. The number of hydrogen-bond acceptors (Lipinski definition) is 8. The van der Waals surface area contributed by atoms with Crippen LogP contribution >= 0.6 is 24.2 Å². The Morgan fingerprint density at radius 2 is 1.73 bits per heavy atom. The molecule has 0 bridgehead atoms. The summed E-state index contributed by atoms with van der Waals surface area (Å²) in [4.78, 5) is 56.2. The van der Waals surface area contributed by atoms with Crippen molar-refractivity contribution < 1.29 is 39.3 Å². The van der Waals surface area contributed by atoms with Crippen molar-refractivity contribution in [3.63, 3.8) is 0 Å². The van der Waals surface area contributed by atoms with Crippen LogP contribution in [0.3, 0.4) is 0 Å². The van der Waals surface area contributed by atoms with Gasteiger partial charge < -0.3 is 31.7 Å². The normalized spacial score (nSPS) is 13.5. The fraction of sp³-hybridized carbons (Fsp3) is 0.615. The number of rotatable bonds is 11. The van der Waals surface area contributed by atoms with Gasteiger partial charge in [0, 0.05) is 12.2 Å². The monoisotopic (exact) mass is 415 g/mol. The van der Waals surface area contributed by atoms with Crippen molar-refractivity contribution >= 4 is 53.0 Å². The van der Waals surface area contributed by atoms with E-state index in [1.165, 1.54) is 6.92 Å². The molecule has 0 aliphatic heterocycles. The molecule has 0 aromatic heterocycles. The van der Waals surface area contributed by atoms with Gasteiger partial charge in [-0.2, -0.15) is 0 Å². The Morgan fingerprint density at radius 1 is 1.15 bits per heavy atom. The molecule has 0 aliphatic rings. The van der Waals surface area contributed by atoms with E-state index < -0.39 is 53.6 Å². The summed E-state index contributed by atoms with van der Waals surface area (Å²) in [6.45, 7) is 0.560. The first kappa shape index (κ1) is 26.3. The Hall–Kier alpha value is -1.89. The number of amides is 2. The van der Waals surface area contributed by atoms with Gasteiger partial charge in [-0.15, -0.1) is 12.4 Å². The number of carboxylic acids is 2. The number of carboxylic acid groups (broad SMARTS) is 2. The molecule has 0 fully saturated rings. The van der Waals surface area contributed by atoms with E-state index in [9.17, 15) is 24.0 Å². The number of thioether (sulfide) groups is 1.